The van der Waals surface area contributed by atoms with Gasteiger partial charge in [-0.3, -0.25) is 4.90 Å². The summed E-state index contributed by atoms with van der Waals surface area (Å²) >= 11 is 3.09. The Balaban J connectivity index is 2.16. The van der Waals surface area contributed by atoms with Gasteiger partial charge in [0, 0.05) is 17.1 Å². The van der Waals surface area contributed by atoms with Crippen LogP contribution in [-0.4, -0.2) is 24.0 Å². The highest BCUT2D eigenvalue weighted by Gasteiger charge is 2.34. The molecule has 2 rings (SSSR count). The minimum absolute atomic E-state index is 0.184. The largest absolute Gasteiger partial charge is 0.416 e. The van der Waals surface area contributed by atoms with Crippen LogP contribution in [-0.2, 0) is 12.7 Å². The third kappa shape index (κ3) is 3.94. The maximum Gasteiger partial charge on any atom is 0.416 e. The van der Waals surface area contributed by atoms with Crippen molar-refractivity contribution in [3.05, 3.63) is 33.8 Å². The number of halogens is 4. The Bertz CT molecular complexity index is 440. The lowest BCUT2D eigenvalue weighted by Crippen LogP contribution is -2.39. The number of hydrogen-bond donors (Lipinski definition) is 1. The summed E-state index contributed by atoms with van der Waals surface area (Å²) in [5.41, 5.74) is 5.56. The number of benzene rings is 1. The summed E-state index contributed by atoms with van der Waals surface area (Å²) in [7, 11) is 0. The van der Waals surface area contributed by atoms with E-state index < -0.39 is 11.7 Å². The van der Waals surface area contributed by atoms with Gasteiger partial charge in [0.2, 0.25) is 0 Å². The molecular formula is C13H16BrF3N2. The molecule has 0 aromatic heterocycles. The summed E-state index contributed by atoms with van der Waals surface area (Å²) in [6, 6.07) is 4.52. The minimum Gasteiger partial charge on any atom is -0.328 e. The van der Waals surface area contributed by atoms with E-state index in [0.717, 1.165) is 32.0 Å². The fourth-order valence-corrected chi connectivity index (χ4v) is 2.66. The summed E-state index contributed by atoms with van der Waals surface area (Å²) in [5.74, 6) is 0. The highest BCUT2D eigenvalue weighted by Crippen LogP contribution is 2.34. The maximum atomic E-state index is 13.0. The molecule has 1 aromatic carbocycles. The van der Waals surface area contributed by atoms with Gasteiger partial charge in [0.25, 0.3) is 0 Å². The summed E-state index contributed by atoms with van der Waals surface area (Å²) in [4.78, 5) is 2.03. The van der Waals surface area contributed by atoms with Crippen molar-refractivity contribution in [2.75, 3.05) is 13.1 Å². The third-order valence-electron chi connectivity index (χ3n) is 3.40. The maximum absolute atomic E-state index is 13.0. The van der Waals surface area contributed by atoms with Gasteiger partial charge in [-0.25, -0.2) is 0 Å². The summed E-state index contributed by atoms with van der Waals surface area (Å²) < 4.78 is 39.4. The second-order valence-corrected chi connectivity index (χ2v) is 5.83. The number of alkyl halides is 3. The first-order valence-corrected chi connectivity index (χ1v) is 6.99. The molecule has 1 aliphatic rings. The lowest BCUT2D eigenvalue weighted by atomic mass is 10.0. The van der Waals surface area contributed by atoms with Gasteiger partial charge in [-0.05, 0) is 43.6 Å². The van der Waals surface area contributed by atoms with E-state index in [1.54, 1.807) is 12.1 Å². The first-order valence-electron chi connectivity index (χ1n) is 6.20. The average molecular weight is 337 g/mol. The molecule has 0 saturated carbocycles. The Morgan fingerprint density at radius 3 is 2.47 bits per heavy atom. The Morgan fingerprint density at radius 2 is 1.89 bits per heavy atom. The molecule has 106 valence electrons. The Labute approximate surface area is 118 Å². The lowest BCUT2D eigenvalue weighted by molar-refractivity contribution is -0.138. The molecule has 0 spiro atoms. The number of likely N-dealkylation sites (tertiary alicyclic amines) is 1. The average Bonchev–Trinajstić information content (AvgIpc) is 2.33. The first-order chi connectivity index (χ1) is 8.86. The van der Waals surface area contributed by atoms with Gasteiger partial charge in [-0.1, -0.05) is 22.0 Å². The standard InChI is InChI=1S/C13H16BrF3N2/c14-10-2-1-9(12(7-10)13(15,16)17)8-19-5-3-11(18)4-6-19/h1-2,7,11H,3-6,8,18H2. The van der Waals surface area contributed by atoms with Gasteiger partial charge in [-0.15, -0.1) is 0 Å². The molecule has 6 heteroatoms. The van der Waals surface area contributed by atoms with E-state index >= 15 is 0 Å². The fourth-order valence-electron chi connectivity index (χ4n) is 2.30. The third-order valence-corrected chi connectivity index (χ3v) is 3.90. The van der Waals surface area contributed by atoms with Crippen LogP contribution in [0, 0.1) is 0 Å². The molecule has 0 bridgehead atoms. The molecule has 19 heavy (non-hydrogen) atoms. The Morgan fingerprint density at radius 1 is 1.26 bits per heavy atom. The highest BCUT2D eigenvalue weighted by atomic mass is 79.9. The molecule has 0 aliphatic carbocycles. The molecule has 1 aromatic rings. The van der Waals surface area contributed by atoms with Crippen molar-refractivity contribution >= 4 is 15.9 Å². The van der Waals surface area contributed by atoms with Gasteiger partial charge < -0.3 is 5.73 Å². The summed E-state index contributed by atoms with van der Waals surface area (Å²) in [6.45, 7) is 1.85. The van der Waals surface area contributed by atoms with E-state index in [2.05, 4.69) is 15.9 Å². The molecule has 0 amide bonds. The van der Waals surface area contributed by atoms with Crippen molar-refractivity contribution in [3.8, 4) is 0 Å². The van der Waals surface area contributed by atoms with Crippen LogP contribution in [0.25, 0.3) is 0 Å². The van der Waals surface area contributed by atoms with Crippen LogP contribution in [0.5, 0.6) is 0 Å². The van der Waals surface area contributed by atoms with E-state index in [4.69, 9.17) is 5.73 Å². The predicted molar refractivity (Wildman–Crippen MR) is 71.6 cm³/mol. The normalized spacial score (nSPS) is 18.8. The van der Waals surface area contributed by atoms with Crippen LogP contribution in [0.2, 0.25) is 0 Å². The minimum atomic E-state index is -4.31. The van der Waals surface area contributed by atoms with Crippen molar-refractivity contribution < 1.29 is 13.2 Å². The zero-order chi connectivity index (χ0) is 14.0. The number of nitrogens with zero attached hydrogens (tertiary/aromatic N) is 1. The van der Waals surface area contributed by atoms with Crippen LogP contribution in [0.3, 0.4) is 0 Å². The lowest BCUT2D eigenvalue weighted by Gasteiger charge is -2.30. The van der Waals surface area contributed by atoms with Crippen LogP contribution < -0.4 is 5.73 Å². The fraction of sp³-hybridized carbons (Fsp3) is 0.538. The SMILES string of the molecule is NC1CCN(Cc2ccc(Br)cc2C(F)(F)F)CC1. The van der Waals surface area contributed by atoms with Crippen LogP contribution in [0.15, 0.2) is 22.7 Å². The van der Waals surface area contributed by atoms with Crippen LogP contribution >= 0.6 is 15.9 Å². The zero-order valence-electron chi connectivity index (χ0n) is 10.4. The molecule has 0 radical (unpaired) electrons. The van der Waals surface area contributed by atoms with E-state index in [-0.39, 0.29) is 6.04 Å². The molecule has 1 aliphatic heterocycles. The molecule has 0 atom stereocenters. The van der Waals surface area contributed by atoms with Gasteiger partial charge in [0.05, 0.1) is 5.56 Å². The second kappa shape index (κ2) is 5.81. The second-order valence-electron chi connectivity index (χ2n) is 4.91. The Kier molecular flexibility index (Phi) is 4.53. The quantitative estimate of drug-likeness (QED) is 0.896. The van der Waals surface area contributed by atoms with Gasteiger partial charge in [0.1, 0.15) is 0 Å². The summed E-state index contributed by atoms with van der Waals surface area (Å²) in [5, 5.41) is 0. The van der Waals surface area contributed by atoms with Crippen molar-refractivity contribution in [3.63, 3.8) is 0 Å². The van der Waals surface area contributed by atoms with Gasteiger partial charge in [0.15, 0.2) is 0 Å². The highest BCUT2D eigenvalue weighted by molar-refractivity contribution is 9.10. The first kappa shape index (κ1) is 14.8. The topological polar surface area (TPSA) is 29.3 Å². The van der Waals surface area contributed by atoms with Crippen molar-refractivity contribution in [1.82, 2.24) is 4.90 Å². The van der Waals surface area contributed by atoms with Crippen LogP contribution in [0.1, 0.15) is 24.0 Å². The van der Waals surface area contributed by atoms with Crippen LogP contribution in [0.4, 0.5) is 13.2 Å². The van der Waals surface area contributed by atoms with E-state index in [1.807, 2.05) is 4.90 Å². The molecule has 1 fully saturated rings. The Hall–Kier alpha value is -0.590. The molecule has 1 heterocycles. The number of nitrogens with two attached hydrogens (primary N) is 1. The number of piperidine rings is 1. The monoisotopic (exact) mass is 336 g/mol. The van der Waals surface area contributed by atoms with E-state index in [9.17, 15) is 13.2 Å². The van der Waals surface area contributed by atoms with E-state index in [1.165, 1.54) is 0 Å². The van der Waals surface area contributed by atoms with Crippen molar-refractivity contribution in [1.29, 1.82) is 0 Å². The molecule has 2 N–H and O–H groups in total. The van der Waals surface area contributed by atoms with Crippen molar-refractivity contribution in [2.45, 2.75) is 31.6 Å². The molecular weight excluding hydrogens is 321 g/mol. The summed E-state index contributed by atoms with van der Waals surface area (Å²) in [6.07, 6.45) is -2.62. The number of hydrogen-bond acceptors (Lipinski definition) is 2. The van der Waals surface area contributed by atoms with Crippen molar-refractivity contribution in [2.24, 2.45) is 5.73 Å². The predicted octanol–water partition coefficient (Wildman–Crippen LogP) is 3.39. The number of rotatable bonds is 2. The molecule has 0 unspecified atom stereocenters. The molecule has 1 saturated heterocycles. The van der Waals surface area contributed by atoms with Gasteiger partial charge >= 0.3 is 6.18 Å². The zero-order valence-corrected chi connectivity index (χ0v) is 12.0. The molecule has 2 nitrogen and oxygen atoms in total. The smallest absolute Gasteiger partial charge is 0.328 e. The van der Waals surface area contributed by atoms with Gasteiger partial charge in [-0.2, -0.15) is 13.2 Å². The van der Waals surface area contributed by atoms with E-state index in [0.29, 0.717) is 16.6 Å².